The molecule has 0 aliphatic carbocycles. The lowest BCUT2D eigenvalue weighted by molar-refractivity contribution is -0.384. The normalized spacial score (nSPS) is 10.8. The van der Waals surface area contributed by atoms with Crippen LogP contribution in [0, 0.1) is 10.1 Å². The van der Waals surface area contributed by atoms with E-state index in [1.807, 2.05) is 0 Å². The van der Waals surface area contributed by atoms with Crippen LogP contribution in [0.15, 0.2) is 65.8 Å². The molecule has 160 valence electrons. The lowest BCUT2D eigenvalue weighted by atomic mass is 10.2. The SMILES string of the molecule is COc1cc(/C=N\OCc2cccc([N+](=O)[O-])c2)ccc1OCc1ccc(Cl)cc1Cl. The maximum absolute atomic E-state index is 10.8. The van der Waals surface area contributed by atoms with Crippen molar-refractivity contribution in [3.8, 4) is 11.5 Å². The van der Waals surface area contributed by atoms with Crippen molar-refractivity contribution in [2.75, 3.05) is 7.11 Å². The number of hydrogen-bond acceptors (Lipinski definition) is 6. The largest absolute Gasteiger partial charge is 0.493 e. The van der Waals surface area contributed by atoms with E-state index in [-0.39, 0.29) is 18.9 Å². The average molecular weight is 461 g/mol. The number of halogens is 2. The summed E-state index contributed by atoms with van der Waals surface area (Å²) in [4.78, 5) is 15.6. The molecule has 0 unspecified atom stereocenters. The van der Waals surface area contributed by atoms with E-state index in [0.717, 1.165) is 11.1 Å². The molecule has 9 heteroatoms. The first kappa shape index (κ1) is 22.4. The van der Waals surface area contributed by atoms with Crippen molar-refractivity contribution in [1.82, 2.24) is 0 Å². The molecule has 0 fully saturated rings. The van der Waals surface area contributed by atoms with E-state index in [4.69, 9.17) is 37.5 Å². The minimum Gasteiger partial charge on any atom is -0.493 e. The number of rotatable bonds is 9. The molecule has 0 aliphatic heterocycles. The number of hydrogen-bond donors (Lipinski definition) is 0. The van der Waals surface area contributed by atoms with Crippen LogP contribution in [0.2, 0.25) is 10.0 Å². The highest BCUT2D eigenvalue weighted by molar-refractivity contribution is 6.35. The third-order valence-electron chi connectivity index (χ3n) is 4.21. The van der Waals surface area contributed by atoms with Crippen molar-refractivity contribution in [1.29, 1.82) is 0 Å². The number of oxime groups is 1. The Morgan fingerprint density at radius 3 is 2.61 bits per heavy atom. The van der Waals surface area contributed by atoms with Gasteiger partial charge < -0.3 is 14.3 Å². The Kier molecular flexibility index (Phi) is 7.70. The van der Waals surface area contributed by atoms with E-state index < -0.39 is 4.92 Å². The molecule has 0 saturated carbocycles. The van der Waals surface area contributed by atoms with Gasteiger partial charge in [0.25, 0.3) is 5.69 Å². The predicted molar refractivity (Wildman–Crippen MR) is 119 cm³/mol. The van der Waals surface area contributed by atoms with Crippen LogP contribution < -0.4 is 9.47 Å². The van der Waals surface area contributed by atoms with E-state index in [1.165, 1.54) is 25.5 Å². The minimum atomic E-state index is -0.455. The Morgan fingerprint density at radius 2 is 1.87 bits per heavy atom. The highest BCUT2D eigenvalue weighted by Crippen LogP contribution is 2.30. The summed E-state index contributed by atoms with van der Waals surface area (Å²) in [5.74, 6) is 1.07. The van der Waals surface area contributed by atoms with E-state index >= 15 is 0 Å². The number of ether oxygens (including phenoxy) is 2. The first-order valence-electron chi connectivity index (χ1n) is 9.09. The van der Waals surface area contributed by atoms with Crippen LogP contribution in [0.4, 0.5) is 5.69 Å². The molecule has 0 spiro atoms. The molecule has 3 rings (SSSR count). The van der Waals surface area contributed by atoms with Gasteiger partial charge in [-0.1, -0.05) is 46.6 Å². The molecule has 31 heavy (non-hydrogen) atoms. The quantitative estimate of drug-likeness (QED) is 0.220. The number of nitro groups is 1. The number of methoxy groups -OCH3 is 1. The van der Waals surface area contributed by atoms with Crippen molar-refractivity contribution in [2.24, 2.45) is 5.16 Å². The maximum Gasteiger partial charge on any atom is 0.269 e. The number of benzene rings is 3. The molecular weight excluding hydrogens is 443 g/mol. The van der Waals surface area contributed by atoms with Crippen LogP contribution in [0.3, 0.4) is 0 Å². The highest BCUT2D eigenvalue weighted by Gasteiger charge is 2.08. The van der Waals surface area contributed by atoms with Gasteiger partial charge in [0.2, 0.25) is 0 Å². The van der Waals surface area contributed by atoms with Gasteiger partial charge in [0.05, 0.1) is 18.2 Å². The van der Waals surface area contributed by atoms with Crippen molar-refractivity contribution >= 4 is 35.1 Å². The Labute approximate surface area is 188 Å². The van der Waals surface area contributed by atoms with Gasteiger partial charge in [0.1, 0.15) is 13.2 Å². The summed E-state index contributed by atoms with van der Waals surface area (Å²) < 4.78 is 11.2. The van der Waals surface area contributed by atoms with Crippen LogP contribution in [-0.2, 0) is 18.1 Å². The zero-order chi connectivity index (χ0) is 22.2. The molecule has 0 radical (unpaired) electrons. The van der Waals surface area contributed by atoms with Crippen LogP contribution in [0.5, 0.6) is 11.5 Å². The Balaban J connectivity index is 1.60. The number of nitrogens with zero attached hydrogens (tertiary/aromatic N) is 2. The molecule has 0 aliphatic rings. The molecule has 0 aromatic heterocycles. The highest BCUT2D eigenvalue weighted by atomic mass is 35.5. The molecule has 7 nitrogen and oxygen atoms in total. The van der Waals surface area contributed by atoms with Gasteiger partial charge in [-0.2, -0.15) is 0 Å². The van der Waals surface area contributed by atoms with Crippen LogP contribution >= 0.6 is 23.2 Å². The fourth-order valence-corrected chi connectivity index (χ4v) is 3.11. The third kappa shape index (κ3) is 6.34. The molecule has 0 amide bonds. The summed E-state index contributed by atoms with van der Waals surface area (Å²) in [7, 11) is 1.54. The molecule has 0 heterocycles. The van der Waals surface area contributed by atoms with E-state index in [9.17, 15) is 10.1 Å². The predicted octanol–water partition coefficient (Wildman–Crippen LogP) is 6.04. The Bertz CT molecular complexity index is 1110. The number of non-ortho nitro benzene ring substituents is 1. The van der Waals surface area contributed by atoms with Gasteiger partial charge in [0, 0.05) is 33.3 Å². The van der Waals surface area contributed by atoms with Crippen LogP contribution in [0.1, 0.15) is 16.7 Å². The standard InChI is InChI=1S/C22H18Cl2N2O5/c1-29-22-10-15(12-25-31-13-16-3-2-4-19(9-16)26(27)28)5-8-21(22)30-14-17-6-7-18(23)11-20(17)24/h2-12H,13-14H2,1H3/b25-12-. The van der Waals surface area contributed by atoms with Gasteiger partial charge in [-0.05, 0) is 35.9 Å². The van der Waals surface area contributed by atoms with Gasteiger partial charge in [-0.25, -0.2) is 0 Å². The van der Waals surface area contributed by atoms with Crippen molar-refractivity contribution < 1.29 is 19.2 Å². The van der Waals surface area contributed by atoms with Gasteiger partial charge in [-0.15, -0.1) is 0 Å². The summed E-state index contributed by atoms with van der Waals surface area (Å²) in [5.41, 5.74) is 2.18. The van der Waals surface area contributed by atoms with E-state index in [0.29, 0.717) is 27.1 Å². The van der Waals surface area contributed by atoms with Crippen molar-refractivity contribution in [2.45, 2.75) is 13.2 Å². The van der Waals surface area contributed by atoms with Crippen LogP contribution in [-0.4, -0.2) is 18.2 Å². The summed E-state index contributed by atoms with van der Waals surface area (Å²) in [6, 6.07) is 16.7. The van der Waals surface area contributed by atoms with Crippen LogP contribution in [0.25, 0.3) is 0 Å². The fourth-order valence-electron chi connectivity index (χ4n) is 2.65. The van der Waals surface area contributed by atoms with Gasteiger partial charge in [0.15, 0.2) is 11.5 Å². The fraction of sp³-hybridized carbons (Fsp3) is 0.136. The molecular formula is C22H18Cl2N2O5. The number of nitro benzene ring substituents is 1. The monoisotopic (exact) mass is 460 g/mol. The van der Waals surface area contributed by atoms with E-state index in [1.54, 1.807) is 48.5 Å². The topological polar surface area (TPSA) is 83.2 Å². The third-order valence-corrected chi connectivity index (χ3v) is 4.80. The molecule has 0 atom stereocenters. The average Bonchev–Trinajstić information content (AvgIpc) is 2.76. The molecule has 3 aromatic carbocycles. The van der Waals surface area contributed by atoms with Gasteiger partial charge in [-0.3, -0.25) is 10.1 Å². The Hall–Kier alpha value is -3.29. The Morgan fingerprint density at radius 1 is 1.03 bits per heavy atom. The summed E-state index contributed by atoms with van der Waals surface area (Å²) >= 11 is 12.1. The van der Waals surface area contributed by atoms with Crippen molar-refractivity contribution in [3.05, 3.63) is 97.5 Å². The molecule has 0 N–H and O–H groups in total. The lowest BCUT2D eigenvalue weighted by Gasteiger charge is -2.12. The van der Waals surface area contributed by atoms with Crippen molar-refractivity contribution in [3.63, 3.8) is 0 Å². The molecule has 0 saturated heterocycles. The molecule has 3 aromatic rings. The second kappa shape index (κ2) is 10.7. The molecule has 0 bridgehead atoms. The zero-order valence-corrected chi connectivity index (χ0v) is 18.0. The first-order valence-corrected chi connectivity index (χ1v) is 9.85. The second-order valence-corrected chi connectivity index (χ2v) is 7.21. The zero-order valence-electron chi connectivity index (χ0n) is 16.5. The van der Waals surface area contributed by atoms with E-state index in [2.05, 4.69) is 5.16 Å². The summed E-state index contributed by atoms with van der Waals surface area (Å²) in [6.45, 7) is 0.366. The maximum atomic E-state index is 10.8. The lowest BCUT2D eigenvalue weighted by Crippen LogP contribution is -1.99. The first-order chi connectivity index (χ1) is 15.0. The summed E-state index contributed by atoms with van der Waals surface area (Å²) in [5, 5.41) is 15.8. The summed E-state index contributed by atoms with van der Waals surface area (Å²) in [6.07, 6.45) is 1.51. The minimum absolute atomic E-state index is 0.00490. The van der Waals surface area contributed by atoms with Gasteiger partial charge >= 0.3 is 0 Å². The smallest absolute Gasteiger partial charge is 0.269 e. The second-order valence-electron chi connectivity index (χ2n) is 6.37.